The molecule has 0 aromatic carbocycles. The van der Waals surface area contributed by atoms with Crippen LogP contribution in [0, 0.1) is 0 Å². The van der Waals surface area contributed by atoms with Gasteiger partial charge in [0.05, 0.1) is 0 Å². The second-order valence-electron chi connectivity index (χ2n) is 3.99. The molecule has 18 heavy (non-hydrogen) atoms. The number of anilines is 1. The number of hydrogen-bond donors (Lipinski definition) is 2. The minimum absolute atomic E-state index is 0. The van der Waals surface area contributed by atoms with Gasteiger partial charge < -0.3 is 0 Å². The van der Waals surface area contributed by atoms with Gasteiger partial charge in [-0.15, -0.1) is 24.8 Å². The van der Waals surface area contributed by atoms with E-state index in [0.29, 0.717) is 0 Å². The minimum atomic E-state index is 0. The van der Waals surface area contributed by atoms with Crippen LogP contribution >= 0.6 is 24.8 Å². The van der Waals surface area contributed by atoms with Crippen LogP contribution in [0.4, 0.5) is 11.5 Å². The summed E-state index contributed by atoms with van der Waals surface area (Å²) < 4.78 is 0. The Morgan fingerprint density at radius 3 is 2.72 bits per heavy atom. The highest BCUT2D eigenvalue weighted by molar-refractivity contribution is 5.89. The Kier molecular flexibility index (Phi) is 8.50. The largest absolute Gasteiger partial charge is 0.286 e. The van der Waals surface area contributed by atoms with Gasteiger partial charge in [-0.1, -0.05) is 26.2 Å². The smallest absolute Gasteiger partial charge is 0.170 e. The van der Waals surface area contributed by atoms with Crippen molar-refractivity contribution in [3.8, 4) is 0 Å². The van der Waals surface area contributed by atoms with Gasteiger partial charge in [-0.25, -0.2) is 9.98 Å². The molecular weight excluding hydrogens is 271 g/mol. The van der Waals surface area contributed by atoms with E-state index in [0.717, 1.165) is 23.8 Å². The number of nitrogens with zero attached hydrogens (tertiary/aromatic N) is 2. The molecule has 0 fully saturated rings. The summed E-state index contributed by atoms with van der Waals surface area (Å²) in [5.74, 6) is 1.82. The Bertz CT molecular complexity index is 382. The Morgan fingerprint density at radius 1 is 1.11 bits per heavy atom. The van der Waals surface area contributed by atoms with Gasteiger partial charge >= 0.3 is 0 Å². The molecule has 1 aromatic heterocycles. The number of nitrogens with one attached hydrogen (secondary N) is 2. The van der Waals surface area contributed by atoms with Gasteiger partial charge in [-0.2, -0.15) is 0 Å². The van der Waals surface area contributed by atoms with Crippen LogP contribution in [0.3, 0.4) is 0 Å². The molecule has 0 amide bonds. The molecule has 0 bridgehead atoms. The molecule has 0 unspecified atom stereocenters. The molecule has 0 aliphatic carbocycles. The van der Waals surface area contributed by atoms with Crippen LogP contribution in [0.15, 0.2) is 23.3 Å². The van der Waals surface area contributed by atoms with E-state index in [9.17, 15) is 0 Å². The standard InChI is InChI=1S/C12H18N4.2ClH/c1-2-3-4-5-8-11-14-10-7-6-9-13-12(10)16-15-11;;/h6-7,9H,2-5,8H2,1H3,(H,13,16)(H,14,15);2*1H. The van der Waals surface area contributed by atoms with E-state index in [-0.39, 0.29) is 24.8 Å². The fraction of sp³-hybridized carbons (Fsp3) is 0.500. The maximum atomic E-state index is 4.52. The SMILES string of the molecule is CCCCCCC1=Nc2cccnc2NN1.Cl.Cl. The molecule has 1 aliphatic rings. The van der Waals surface area contributed by atoms with Gasteiger partial charge in [0.1, 0.15) is 11.5 Å². The minimum Gasteiger partial charge on any atom is -0.286 e. The third kappa shape index (κ3) is 4.70. The van der Waals surface area contributed by atoms with Crippen LogP contribution in [0.2, 0.25) is 0 Å². The number of fused-ring (bicyclic) bond motifs is 1. The second-order valence-corrected chi connectivity index (χ2v) is 3.99. The molecule has 4 nitrogen and oxygen atoms in total. The molecule has 2 N–H and O–H groups in total. The maximum absolute atomic E-state index is 4.52. The number of hydrogen-bond acceptors (Lipinski definition) is 4. The first-order valence-corrected chi connectivity index (χ1v) is 5.95. The zero-order chi connectivity index (χ0) is 11.2. The van der Waals surface area contributed by atoms with Crippen molar-refractivity contribution < 1.29 is 0 Å². The lowest BCUT2D eigenvalue weighted by molar-refractivity contribution is 0.678. The van der Waals surface area contributed by atoms with Gasteiger partial charge in [-0.05, 0) is 18.6 Å². The van der Waals surface area contributed by atoms with E-state index in [2.05, 4.69) is 27.8 Å². The van der Waals surface area contributed by atoms with Crippen molar-refractivity contribution in [1.82, 2.24) is 10.4 Å². The van der Waals surface area contributed by atoms with Crippen LogP contribution in [-0.4, -0.2) is 10.8 Å². The predicted octanol–water partition coefficient (Wildman–Crippen LogP) is 3.86. The van der Waals surface area contributed by atoms with E-state index in [1.807, 2.05) is 12.1 Å². The molecule has 102 valence electrons. The summed E-state index contributed by atoms with van der Waals surface area (Å²) in [6.45, 7) is 2.22. The average Bonchev–Trinajstić information content (AvgIpc) is 2.34. The van der Waals surface area contributed by atoms with Crippen LogP contribution in [-0.2, 0) is 0 Å². The summed E-state index contributed by atoms with van der Waals surface area (Å²) in [7, 11) is 0. The van der Waals surface area contributed by atoms with Crippen molar-refractivity contribution in [3.05, 3.63) is 18.3 Å². The van der Waals surface area contributed by atoms with Crippen LogP contribution in [0.25, 0.3) is 0 Å². The third-order valence-corrected chi connectivity index (χ3v) is 2.63. The second kappa shape index (κ2) is 9.00. The van der Waals surface area contributed by atoms with Gasteiger partial charge in [0.2, 0.25) is 0 Å². The van der Waals surface area contributed by atoms with Crippen molar-refractivity contribution in [2.75, 3.05) is 5.43 Å². The van der Waals surface area contributed by atoms with Crippen LogP contribution in [0.5, 0.6) is 0 Å². The van der Waals surface area contributed by atoms with E-state index in [1.165, 1.54) is 25.7 Å². The molecule has 0 radical (unpaired) electrons. The van der Waals surface area contributed by atoms with Gasteiger partial charge in [0.15, 0.2) is 5.82 Å². The number of aliphatic imine (C=N–C) groups is 1. The maximum Gasteiger partial charge on any atom is 0.170 e. The molecule has 0 saturated carbocycles. The number of amidine groups is 1. The zero-order valence-electron chi connectivity index (χ0n) is 10.5. The number of hydrazine groups is 1. The topological polar surface area (TPSA) is 49.3 Å². The van der Waals surface area contributed by atoms with Crippen molar-refractivity contribution in [1.29, 1.82) is 0 Å². The van der Waals surface area contributed by atoms with Crippen LogP contribution in [0.1, 0.15) is 39.0 Å². The summed E-state index contributed by atoms with van der Waals surface area (Å²) in [4.78, 5) is 8.71. The molecule has 0 spiro atoms. The predicted molar refractivity (Wildman–Crippen MR) is 81.3 cm³/mol. The highest BCUT2D eigenvalue weighted by atomic mass is 35.5. The molecule has 2 heterocycles. The summed E-state index contributed by atoms with van der Waals surface area (Å²) in [5, 5.41) is 0. The quantitative estimate of drug-likeness (QED) is 0.810. The first kappa shape index (κ1) is 17.0. The number of aromatic nitrogens is 1. The molecule has 0 atom stereocenters. The number of rotatable bonds is 5. The molecule has 0 saturated heterocycles. The third-order valence-electron chi connectivity index (χ3n) is 2.63. The van der Waals surface area contributed by atoms with Crippen molar-refractivity contribution >= 4 is 42.2 Å². The Hall–Kier alpha value is -1.00. The van der Waals surface area contributed by atoms with Gasteiger partial charge in [-0.3, -0.25) is 10.9 Å². The fourth-order valence-electron chi connectivity index (χ4n) is 1.73. The van der Waals surface area contributed by atoms with Gasteiger partial charge in [0, 0.05) is 12.6 Å². The lowest BCUT2D eigenvalue weighted by Crippen LogP contribution is -2.32. The summed E-state index contributed by atoms with van der Waals surface area (Å²) >= 11 is 0. The van der Waals surface area contributed by atoms with E-state index >= 15 is 0 Å². The Morgan fingerprint density at radius 2 is 1.94 bits per heavy atom. The fourth-order valence-corrected chi connectivity index (χ4v) is 1.73. The normalized spacial score (nSPS) is 11.9. The van der Waals surface area contributed by atoms with Crippen molar-refractivity contribution in [2.45, 2.75) is 39.0 Å². The van der Waals surface area contributed by atoms with Gasteiger partial charge in [0.25, 0.3) is 0 Å². The van der Waals surface area contributed by atoms with Crippen molar-refractivity contribution in [3.63, 3.8) is 0 Å². The van der Waals surface area contributed by atoms with Crippen molar-refractivity contribution in [2.24, 2.45) is 4.99 Å². The highest BCUT2D eigenvalue weighted by Gasteiger charge is 2.09. The lowest BCUT2D eigenvalue weighted by atomic mass is 10.1. The highest BCUT2D eigenvalue weighted by Crippen LogP contribution is 2.23. The molecular formula is C12H20Cl2N4. The first-order valence-electron chi connectivity index (χ1n) is 5.95. The Balaban J connectivity index is 0.00000144. The molecule has 6 heteroatoms. The van der Waals surface area contributed by atoms with E-state index < -0.39 is 0 Å². The summed E-state index contributed by atoms with van der Waals surface area (Å²) in [6.07, 6.45) is 7.80. The molecule has 1 aliphatic heterocycles. The monoisotopic (exact) mass is 290 g/mol. The van der Waals surface area contributed by atoms with Crippen LogP contribution < -0.4 is 10.9 Å². The zero-order valence-corrected chi connectivity index (χ0v) is 12.1. The summed E-state index contributed by atoms with van der Waals surface area (Å²) in [5.41, 5.74) is 7.07. The average molecular weight is 291 g/mol. The Labute approximate surface area is 120 Å². The number of halogens is 2. The van der Waals surface area contributed by atoms with E-state index in [1.54, 1.807) is 6.20 Å². The lowest BCUT2D eigenvalue weighted by Gasteiger charge is -2.18. The number of unbranched alkanes of at least 4 members (excludes halogenated alkanes) is 3. The molecule has 2 rings (SSSR count). The summed E-state index contributed by atoms with van der Waals surface area (Å²) in [6, 6.07) is 3.88. The molecule has 1 aromatic rings. The van der Waals surface area contributed by atoms with E-state index in [4.69, 9.17) is 0 Å². The number of pyridine rings is 1. The first-order chi connectivity index (χ1) is 7.90.